The first-order chi connectivity index (χ1) is 7.70. The Hall–Kier alpha value is -1.04. The molecule has 0 aliphatic heterocycles. The number of hydrogen-bond donors (Lipinski definition) is 1. The molecule has 4 nitrogen and oxygen atoms in total. The van der Waals surface area contributed by atoms with Crippen LogP contribution in [0.1, 0.15) is 6.92 Å². The van der Waals surface area contributed by atoms with Gasteiger partial charge in [0, 0.05) is 17.1 Å². The Labute approximate surface area is 96.9 Å². The Kier molecular flexibility index (Phi) is 3.48. The Morgan fingerprint density at radius 2 is 2.25 bits per heavy atom. The molecular weight excluding hydrogens is 224 g/mol. The molecule has 2 aromatic rings. The number of aromatic amines is 1. The van der Waals surface area contributed by atoms with Crippen LogP contribution >= 0.6 is 0 Å². The van der Waals surface area contributed by atoms with Gasteiger partial charge in [0.05, 0.1) is 17.6 Å². The van der Waals surface area contributed by atoms with Gasteiger partial charge in [-0.3, -0.25) is 4.98 Å². The lowest BCUT2D eigenvalue weighted by atomic mass is 10.2. The highest BCUT2D eigenvalue weighted by molar-refractivity contribution is 7.91. The smallest absolute Gasteiger partial charge is 0.321 e. The van der Waals surface area contributed by atoms with Gasteiger partial charge in [-0.25, -0.2) is 5.11 Å². The molecule has 16 heavy (non-hydrogen) atoms. The van der Waals surface area contributed by atoms with E-state index in [4.69, 9.17) is 0 Å². The Balaban J connectivity index is 2.19. The van der Waals surface area contributed by atoms with Crippen LogP contribution in [0.2, 0.25) is 0 Å². The summed E-state index contributed by atoms with van der Waals surface area (Å²) in [5.74, 6) is 0.276. The fourth-order valence-corrected chi connectivity index (χ4v) is 2.62. The Morgan fingerprint density at radius 3 is 2.94 bits per heavy atom. The van der Waals surface area contributed by atoms with Crippen LogP contribution < -0.4 is 0 Å². The summed E-state index contributed by atoms with van der Waals surface area (Å²) < 4.78 is 11.9. The molecule has 85 valence electrons. The number of benzene rings is 1. The first-order valence-corrected chi connectivity index (χ1v) is 6.44. The Morgan fingerprint density at radius 1 is 1.50 bits per heavy atom. The summed E-state index contributed by atoms with van der Waals surface area (Å²) >= 11 is -1.21. The summed E-state index contributed by atoms with van der Waals surface area (Å²) in [4.78, 5) is 7.25. The SMILES string of the molecule is CC(C[O])C[S+]([O-])c1nc2ccccc2[nH]1. The maximum absolute atomic E-state index is 11.9. The molecule has 0 aliphatic carbocycles. The minimum atomic E-state index is -1.21. The van der Waals surface area contributed by atoms with Gasteiger partial charge in [0.25, 0.3) is 0 Å². The van der Waals surface area contributed by atoms with E-state index in [2.05, 4.69) is 9.97 Å². The van der Waals surface area contributed by atoms with Crippen LogP contribution in [-0.2, 0) is 16.3 Å². The number of nitrogens with one attached hydrogen (secondary N) is 1. The first kappa shape index (κ1) is 11.4. The van der Waals surface area contributed by atoms with E-state index in [0.29, 0.717) is 10.9 Å². The monoisotopic (exact) mass is 237 g/mol. The van der Waals surface area contributed by atoms with Gasteiger partial charge in [-0.15, -0.1) is 0 Å². The number of rotatable bonds is 4. The lowest BCUT2D eigenvalue weighted by molar-refractivity contribution is 0.159. The fraction of sp³-hybridized carbons (Fsp3) is 0.364. The third-order valence-corrected chi connectivity index (χ3v) is 3.80. The van der Waals surface area contributed by atoms with Crippen molar-refractivity contribution in [1.29, 1.82) is 0 Å². The summed E-state index contributed by atoms with van der Waals surface area (Å²) in [5, 5.41) is 11.1. The largest absolute Gasteiger partial charge is 0.609 e. The van der Waals surface area contributed by atoms with E-state index in [1.807, 2.05) is 24.3 Å². The number of para-hydroxylation sites is 2. The average molecular weight is 237 g/mol. The van der Waals surface area contributed by atoms with Crippen LogP contribution in [0, 0.1) is 5.92 Å². The van der Waals surface area contributed by atoms with Gasteiger partial charge in [0.15, 0.2) is 0 Å². The summed E-state index contributed by atoms with van der Waals surface area (Å²) in [6, 6.07) is 7.53. The molecule has 0 bridgehead atoms. The predicted molar refractivity (Wildman–Crippen MR) is 62.1 cm³/mol. The lowest BCUT2D eigenvalue weighted by Gasteiger charge is -2.09. The zero-order chi connectivity index (χ0) is 11.5. The van der Waals surface area contributed by atoms with Crippen LogP contribution in [-0.4, -0.2) is 26.9 Å². The van der Waals surface area contributed by atoms with E-state index in [1.165, 1.54) is 0 Å². The van der Waals surface area contributed by atoms with E-state index in [0.717, 1.165) is 11.0 Å². The molecular formula is C11H13N2O2S. The Bertz CT molecular complexity index is 439. The molecule has 5 heteroatoms. The molecule has 0 saturated carbocycles. The number of imidazole rings is 1. The third-order valence-electron chi connectivity index (χ3n) is 2.30. The second-order valence-electron chi connectivity index (χ2n) is 3.84. The van der Waals surface area contributed by atoms with Gasteiger partial charge in [-0.2, -0.15) is 4.98 Å². The lowest BCUT2D eigenvalue weighted by Crippen LogP contribution is -2.17. The third kappa shape index (κ3) is 2.37. The van der Waals surface area contributed by atoms with E-state index >= 15 is 0 Å². The molecule has 1 aromatic heterocycles. The zero-order valence-corrected chi connectivity index (χ0v) is 9.79. The minimum Gasteiger partial charge on any atom is -0.609 e. The minimum absolute atomic E-state index is 0.0888. The van der Waals surface area contributed by atoms with Gasteiger partial charge in [-0.1, -0.05) is 19.1 Å². The van der Waals surface area contributed by atoms with Crippen LogP contribution in [0.4, 0.5) is 0 Å². The molecule has 1 aromatic carbocycles. The molecule has 1 heterocycles. The molecule has 0 amide bonds. The summed E-state index contributed by atoms with van der Waals surface area (Å²) in [6.07, 6.45) is 0. The van der Waals surface area contributed by atoms with Crippen molar-refractivity contribution in [2.75, 3.05) is 12.4 Å². The molecule has 2 unspecified atom stereocenters. The summed E-state index contributed by atoms with van der Waals surface area (Å²) in [6.45, 7) is 1.60. The summed E-state index contributed by atoms with van der Waals surface area (Å²) in [5.41, 5.74) is 1.68. The van der Waals surface area contributed by atoms with Crippen molar-refractivity contribution in [3.05, 3.63) is 24.3 Å². The van der Waals surface area contributed by atoms with Crippen LogP contribution in [0.5, 0.6) is 0 Å². The standard InChI is InChI=1S/C11H13N2O2S/c1-8(6-14)7-16(15)11-12-9-4-2-3-5-10(9)13-11/h2-5,8H,6-7H2,1H3,(H,12,13). The molecule has 2 rings (SSSR count). The molecule has 0 saturated heterocycles. The number of aromatic nitrogens is 2. The van der Waals surface area contributed by atoms with Crippen LogP contribution in [0.25, 0.3) is 11.0 Å². The second-order valence-corrected chi connectivity index (χ2v) is 5.25. The zero-order valence-electron chi connectivity index (χ0n) is 8.97. The van der Waals surface area contributed by atoms with Gasteiger partial charge in [0.1, 0.15) is 5.75 Å². The maximum atomic E-state index is 11.9. The van der Waals surface area contributed by atoms with Gasteiger partial charge in [0.2, 0.25) is 0 Å². The van der Waals surface area contributed by atoms with E-state index < -0.39 is 11.2 Å². The van der Waals surface area contributed by atoms with Gasteiger partial charge >= 0.3 is 5.16 Å². The highest BCUT2D eigenvalue weighted by Crippen LogP contribution is 2.16. The van der Waals surface area contributed by atoms with Crippen molar-refractivity contribution in [3.8, 4) is 0 Å². The van der Waals surface area contributed by atoms with Crippen molar-refractivity contribution in [3.63, 3.8) is 0 Å². The van der Waals surface area contributed by atoms with Gasteiger partial charge in [-0.05, 0) is 12.1 Å². The number of fused-ring (bicyclic) bond motifs is 1. The topological polar surface area (TPSA) is 71.6 Å². The molecule has 1 N–H and O–H groups in total. The normalized spacial score (nSPS) is 15.2. The highest BCUT2D eigenvalue weighted by Gasteiger charge is 2.19. The van der Waals surface area contributed by atoms with Crippen molar-refractivity contribution in [1.82, 2.24) is 9.97 Å². The van der Waals surface area contributed by atoms with Crippen LogP contribution in [0.3, 0.4) is 0 Å². The van der Waals surface area contributed by atoms with Crippen molar-refractivity contribution < 1.29 is 9.66 Å². The van der Waals surface area contributed by atoms with E-state index in [9.17, 15) is 9.66 Å². The summed E-state index contributed by atoms with van der Waals surface area (Å²) in [7, 11) is 0. The predicted octanol–water partition coefficient (Wildman–Crippen LogP) is 1.74. The fourth-order valence-electron chi connectivity index (χ4n) is 1.42. The van der Waals surface area contributed by atoms with E-state index in [1.54, 1.807) is 6.92 Å². The van der Waals surface area contributed by atoms with Crippen molar-refractivity contribution in [2.45, 2.75) is 12.1 Å². The van der Waals surface area contributed by atoms with Crippen LogP contribution in [0.15, 0.2) is 29.4 Å². The number of nitrogens with zero attached hydrogens (tertiary/aromatic N) is 1. The number of hydrogen-bond acceptors (Lipinski definition) is 2. The average Bonchev–Trinajstić information content (AvgIpc) is 2.72. The molecule has 1 radical (unpaired) electrons. The van der Waals surface area contributed by atoms with Crippen molar-refractivity contribution in [2.24, 2.45) is 5.92 Å². The molecule has 0 fully saturated rings. The highest BCUT2D eigenvalue weighted by atomic mass is 32.2. The second kappa shape index (κ2) is 4.86. The molecule has 0 spiro atoms. The maximum Gasteiger partial charge on any atom is 0.321 e. The first-order valence-electron chi connectivity index (χ1n) is 5.12. The van der Waals surface area contributed by atoms with Gasteiger partial charge < -0.3 is 4.55 Å². The number of H-pyrrole nitrogens is 1. The molecule has 2 atom stereocenters. The molecule has 0 aliphatic rings. The van der Waals surface area contributed by atoms with Crippen molar-refractivity contribution >= 4 is 22.2 Å². The quantitative estimate of drug-likeness (QED) is 0.823. The van der Waals surface area contributed by atoms with E-state index in [-0.39, 0.29) is 12.5 Å².